The van der Waals surface area contributed by atoms with Crippen molar-refractivity contribution in [2.45, 2.75) is 55.8 Å². The van der Waals surface area contributed by atoms with E-state index >= 15 is 0 Å². The van der Waals surface area contributed by atoms with Crippen LogP contribution in [0, 0.1) is 11.2 Å². The van der Waals surface area contributed by atoms with Gasteiger partial charge in [-0.2, -0.15) is 0 Å². The van der Waals surface area contributed by atoms with Gasteiger partial charge in [-0.3, -0.25) is 4.90 Å². The summed E-state index contributed by atoms with van der Waals surface area (Å²) in [6.07, 6.45) is 5.49. The van der Waals surface area contributed by atoms with Crippen LogP contribution < -0.4 is 9.64 Å². The number of benzene rings is 1. The van der Waals surface area contributed by atoms with Gasteiger partial charge in [0.15, 0.2) is 0 Å². The number of aromatic nitrogens is 2. The molecular formula is C25H31FN4O3S. The number of likely N-dealkylation sites (tertiary alicyclic amines) is 1. The molecule has 1 aromatic heterocycles. The number of hydrogen-bond acceptors (Lipinski definition) is 8. The van der Waals surface area contributed by atoms with Gasteiger partial charge in [0, 0.05) is 17.0 Å². The molecule has 5 fully saturated rings. The van der Waals surface area contributed by atoms with E-state index in [0.29, 0.717) is 17.4 Å². The van der Waals surface area contributed by atoms with Crippen LogP contribution in [0.25, 0.3) is 0 Å². The van der Waals surface area contributed by atoms with Crippen molar-refractivity contribution in [3.05, 3.63) is 35.1 Å². The molecular weight excluding hydrogens is 455 g/mol. The van der Waals surface area contributed by atoms with Gasteiger partial charge in [0.1, 0.15) is 28.8 Å². The molecule has 9 heteroatoms. The SMILES string of the molecule is Fc1ccc(OC2CC3(COC3)C2)c(C2CCN([C@@H]3COC4(C3)CN(c3nncs3)C4)CC2)c1. The minimum absolute atomic E-state index is 0.0254. The fraction of sp³-hybridized carbons (Fsp3) is 0.680. The molecule has 1 aliphatic carbocycles. The molecule has 2 spiro atoms. The highest BCUT2D eigenvalue weighted by atomic mass is 32.1. The van der Waals surface area contributed by atoms with Gasteiger partial charge >= 0.3 is 0 Å². The highest BCUT2D eigenvalue weighted by Gasteiger charge is 2.52. The molecule has 0 bridgehead atoms. The Hall–Kier alpha value is -1.81. The van der Waals surface area contributed by atoms with Crippen LogP contribution in [0.4, 0.5) is 9.52 Å². The van der Waals surface area contributed by atoms with Crippen LogP contribution in [0.3, 0.4) is 0 Å². The monoisotopic (exact) mass is 486 g/mol. The molecule has 0 unspecified atom stereocenters. The van der Waals surface area contributed by atoms with Crippen LogP contribution in [0.5, 0.6) is 5.75 Å². The lowest BCUT2D eigenvalue weighted by Crippen LogP contribution is -2.62. The van der Waals surface area contributed by atoms with E-state index in [1.54, 1.807) is 22.9 Å². The Labute approximate surface area is 203 Å². The molecule has 7 nitrogen and oxygen atoms in total. The number of ether oxygens (including phenoxy) is 3. The maximum absolute atomic E-state index is 14.2. The molecule has 0 N–H and O–H groups in total. The van der Waals surface area contributed by atoms with Crippen LogP contribution in [-0.2, 0) is 9.47 Å². The molecule has 0 radical (unpaired) electrons. The second-order valence-corrected chi connectivity index (χ2v) is 11.9. The molecule has 5 aliphatic rings. The Morgan fingerprint density at radius 1 is 1.12 bits per heavy atom. The van der Waals surface area contributed by atoms with E-state index in [-0.39, 0.29) is 17.5 Å². The van der Waals surface area contributed by atoms with Crippen molar-refractivity contribution >= 4 is 16.5 Å². The minimum Gasteiger partial charge on any atom is -0.490 e. The highest BCUT2D eigenvalue weighted by Crippen LogP contribution is 2.49. The predicted octanol–water partition coefficient (Wildman–Crippen LogP) is 3.46. The normalized spacial score (nSPS) is 28.6. The Balaban J connectivity index is 0.950. The van der Waals surface area contributed by atoms with Crippen molar-refractivity contribution in [1.82, 2.24) is 15.1 Å². The summed E-state index contributed by atoms with van der Waals surface area (Å²) in [5, 5.41) is 9.12. The summed E-state index contributed by atoms with van der Waals surface area (Å²) in [6.45, 7) is 6.41. The number of hydrogen-bond donors (Lipinski definition) is 0. The lowest BCUT2D eigenvalue weighted by atomic mass is 9.65. The number of anilines is 1. The molecule has 34 heavy (non-hydrogen) atoms. The molecule has 0 amide bonds. The average Bonchev–Trinajstić information content (AvgIpc) is 3.45. The standard InChI is InChI=1S/C25H31FN4O3S/c26-18-1-2-22(33-20-9-24(10-20)14-31-15-24)21(7-18)17-3-5-29(6-4-17)19-8-25(32-11-19)12-30(13-25)23-28-27-16-34-23/h1-2,7,16-17,19-20H,3-6,8-15H2/t19-/m0/s1. The quantitative estimate of drug-likeness (QED) is 0.642. The molecule has 4 aliphatic heterocycles. The van der Waals surface area contributed by atoms with Crippen molar-refractivity contribution < 1.29 is 18.6 Å². The van der Waals surface area contributed by atoms with Crippen LogP contribution in [-0.4, -0.2) is 78.8 Å². The summed E-state index contributed by atoms with van der Waals surface area (Å²) in [7, 11) is 0. The third kappa shape index (κ3) is 3.72. The van der Waals surface area contributed by atoms with Gasteiger partial charge in [-0.15, -0.1) is 10.2 Å². The van der Waals surface area contributed by atoms with Gasteiger partial charge in [-0.1, -0.05) is 11.3 Å². The first kappa shape index (κ1) is 21.5. The molecule has 4 saturated heterocycles. The zero-order valence-corrected chi connectivity index (χ0v) is 20.1. The minimum atomic E-state index is -0.168. The number of rotatable bonds is 5. The van der Waals surface area contributed by atoms with E-state index in [2.05, 4.69) is 20.0 Å². The van der Waals surface area contributed by atoms with Gasteiger partial charge < -0.3 is 19.1 Å². The fourth-order valence-corrected chi connectivity index (χ4v) is 7.24. The van der Waals surface area contributed by atoms with Crippen LogP contribution in [0.2, 0.25) is 0 Å². The number of halogens is 1. The van der Waals surface area contributed by atoms with E-state index in [1.165, 1.54) is 6.07 Å². The average molecular weight is 487 g/mol. The first-order valence-electron chi connectivity index (χ1n) is 12.5. The maximum Gasteiger partial charge on any atom is 0.208 e. The van der Waals surface area contributed by atoms with Crippen molar-refractivity contribution in [2.75, 3.05) is 50.9 Å². The second-order valence-electron chi connectivity index (χ2n) is 11.1. The van der Waals surface area contributed by atoms with E-state index in [4.69, 9.17) is 14.2 Å². The lowest BCUT2D eigenvalue weighted by Gasteiger charge is -2.52. The summed E-state index contributed by atoms with van der Waals surface area (Å²) >= 11 is 1.59. The molecule has 2 aromatic rings. The molecule has 1 atom stereocenters. The van der Waals surface area contributed by atoms with Gasteiger partial charge in [-0.05, 0) is 69.3 Å². The maximum atomic E-state index is 14.2. The lowest BCUT2D eigenvalue weighted by molar-refractivity contribution is -0.191. The smallest absolute Gasteiger partial charge is 0.208 e. The number of nitrogens with zero attached hydrogens (tertiary/aromatic N) is 4. The van der Waals surface area contributed by atoms with Gasteiger partial charge in [-0.25, -0.2) is 4.39 Å². The van der Waals surface area contributed by atoms with E-state index in [0.717, 1.165) is 94.5 Å². The second kappa shape index (κ2) is 8.11. The van der Waals surface area contributed by atoms with E-state index in [1.807, 2.05) is 6.07 Å². The summed E-state index contributed by atoms with van der Waals surface area (Å²) in [5.41, 5.74) is 3.17. The van der Waals surface area contributed by atoms with E-state index < -0.39 is 0 Å². The van der Waals surface area contributed by atoms with Crippen LogP contribution in [0.15, 0.2) is 23.7 Å². The largest absolute Gasteiger partial charge is 0.490 e. The summed E-state index contributed by atoms with van der Waals surface area (Å²) < 4.78 is 32.3. The van der Waals surface area contributed by atoms with Gasteiger partial charge in [0.25, 0.3) is 0 Å². The summed E-state index contributed by atoms with van der Waals surface area (Å²) in [5.74, 6) is 1.06. The third-order valence-corrected chi connectivity index (χ3v) is 9.41. The highest BCUT2D eigenvalue weighted by molar-refractivity contribution is 7.13. The number of piperidine rings is 1. The van der Waals surface area contributed by atoms with Crippen LogP contribution in [0.1, 0.15) is 43.6 Å². The Morgan fingerprint density at radius 3 is 2.65 bits per heavy atom. The van der Waals surface area contributed by atoms with Crippen molar-refractivity contribution in [3.8, 4) is 5.75 Å². The third-order valence-electron chi connectivity index (χ3n) is 8.66. The first-order chi connectivity index (χ1) is 16.6. The first-order valence-corrected chi connectivity index (χ1v) is 13.4. The van der Waals surface area contributed by atoms with Gasteiger partial charge in [0.05, 0.1) is 32.9 Å². The zero-order valence-electron chi connectivity index (χ0n) is 19.3. The zero-order chi connectivity index (χ0) is 22.8. The fourth-order valence-electron chi connectivity index (χ4n) is 6.68. The van der Waals surface area contributed by atoms with Gasteiger partial charge in [0.2, 0.25) is 5.13 Å². The molecule has 1 aromatic carbocycles. The van der Waals surface area contributed by atoms with Crippen molar-refractivity contribution in [3.63, 3.8) is 0 Å². The molecule has 5 heterocycles. The molecule has 7 rings (SSSR count). The summed E-state index contributed by atoms with van der Waals surface area (Å²) in [4.78, 5) is 4.85. The Morgan fingerprint density at radius 2 is 1.94 bits per heavy atom. The predicted molar refractivity (Wildman–Crippen MR) is 126 cm³/mol. The van der Waals surface area contributed by atoms with E-state index in [9.17, 15) is 4.39 Å². The van der Waals surface area contributed by atoms with Crippen LogP contribution >= 0.6 is 11.3 Å². The Bertz CT molecular complexity index is 1030. The Kier molecular flexibility index (Phi) is 5.12. The summed E-state index contributed by atoms with van der Waals surface area (Å²) in [6, 6.07) is 5.56. The van der Waals surface area contributed by atoms with Crippen molar-refractivity contribution in [1.29, 1.82) is 0 Å². The van der Waals surface area contributed by atoms with Crippen molar-refractivity contribution in [2.24, 2.45) is 5.41 Å². The molecule has 1 saturated carbocycles. The molecule has 182 valence electrons. The topological polar surface area (TPSA) is 60.0 Å².